The first kappa shape index (κ1) is 18.8. The standard InChI is InChI=1S/C13H8FNO4.Li.H2O/c14-10-3-1-2-8(6-10)9-4-5-11(13(16)17)12(7-9)15(18)19;;/h1-7H,(H,16,17);;1H2/q;+1;/p-1. The van der Waals surface area contributed by atoms with E-state index in [0.29, 0.717) is 11.1 Å². The molecule has 104 valence electrons. The second kappa shape index (κ2) is 7.55. The third-order valence-electron chi connectivity index (χ3n) is 2.58. The summed E-state index contributed by atoms with van der Waals surface area (Å²) in [6.45, 7) is 0. The molecule has 0 radical (unpaired) electrons. The number of aromatic carboxylic acids is 1. The molecule has 0 aliphatic rings. The van der Waals surface area contributed by atoms with E-state index < -0.39 is 28.0 Å². The van der Waals surface area contributed by atoms with Crippen molar-refractivity contribution in [3.05, 3.63) is 64.0 Å². The second-order valence-electron chi connectivity index (χ2n) is 3.80. The van der Waals surface area contributed by atoms with E-state index in [9.17, 15) is 19.3 Å². The molecule has 2 rings (SSSR count). The Hall–Kier alpha value is -2.20. The Balaban J connectivity index is 0.00000200. The maximum atomic E-state index is 13.1. The largest absolute Gasteiger partial charge is 1.00 e. The van der Waals surface area contributed by atoms with Crippen LogP contribution in [0.25, 0.3) is 11.1 Å². The van der Waals surface area contributed by atoms with Crippen molar-refractivity contribution in [3.63, 3.8) is 0 Å². The molecule has 0 saturated heterocycles. The van der Waals surface area contributed by atoms with E-state index in [2.05, 4.69) is 0 Å². The molecule has 6 nitrogen and oxygen atoms in total. The third kappa shape index (κ3) is 4.13. The Morgan fingerprint density at radius 3 is 2.29 bits per heavy atom. The first-order valence-corrected chi connectivity index (χ1v) is 5.26. The summed E-state index contributed by atoms with van der Waals surface area (Å²) < 4.78 is 13.1. The molecule has 0 heterocycles. The van der Waals surface area contributed by atoms with Crippen LogP contribution < -0.4 is 18.9 Å². The predicted molar refractivity (Wildman–Crippen MR) is 67.4 cm³/mol. The molecule has 0 atom stereocenters. The summed E-state index contributed by atoms with van der Waals surface area (Å²) >= 11 is 0. The molecule has 21 heavy (non-hydrogen) atoms. The Bertz CT molecular complexity index is 677. The maximum Gasteiger partial charge on any atom is 1.00 e. The van der Waals surface area contributed by atoms with Gasteiger partial charge in [-0.3, -0.25) is 10.1 Å². The van der Waals surface area contributed by atoms with Crippen molar-refractivity contribution >= 4 is 11.7 Å². The number of nitro benzene ring substituents is 1. The Kier molecular flexibility index (Phi) is 6.75. The van der Waals surface area contributed by atoms with Crippen molar-refractivity contribution in [1.82, 2.24) is 0 Å². The van der Waals surface area contributed by atoms with Gasteiger partial charge in [-0.25, -0.2) is 9.18 Å². The van der Waals surface area contributed by atoms with Gasteiger partial charge in [0.05, 0.1) is 4.92 Å². The number of carboxylic acids is 1. The van der Waals surface area contributed by atoms with Gasteiger partial charge in [0.15, 0.2) is 0 Å². The van der Waals surface area contributed by atoms with Gasteiger partial charge in [-0.2, -0.15) is 0 Å². The molecule has 0 bridgehead atoms. The van der Waals surface area contributed by atoms with E-state index in [4.69, 9.17) is 5.11 Å². The van der Waals surface area contributed by atoms with Crippen LogP contribution in [0.15, 0.2) is 42.5 Å². The maximum absolute atomic E-state index is 13.1. The molecule has 0 aliphatic carbocycles. The molecule has 8 heteroatoms. The van der Waals surface area contributed by atoms with Crippen molar-refractivity contribution < 1.29 is 43.6 Å². The molecular weight excluding hydrogens is 276 g/mol. The van der Waals surface area contributed by atoms with Gasteiger partial charge in [-0.15, -0.1) is 0 Å². The van der Waals surface area contributed by atoms with Crippen molar-refractivity contribution in [2.45, 2.75) is 0 Å². The van der Waals surface area contributed by atoms with Crippen LogP contribution in [0.1, 0.15) is 10.4 Å². The Morgan fingerprint density at radius 1 is 1.14 bits per heavy atom. The van der Waals surface area contributed by atoms with Crippen LogP contribution >= 0.6 is 0 Å². The zero-order valence-corrected chi connectivity index (χ0v) is 11.0. The van der Waals surface area contributed by atoms with Gasteiger partial charge in [-0.05, 0) is 29.3 Å². The van der Waals surface area contributed by atoms with Crippen molar-refractivity contribution in [2.24, 2.45) is 0 Å². The summed E-state index contributed by atoms with van der Waals surface area (Å²) in [6, 6.07) is 9.21. The topological polar surface area (TPSA) is 110 Å². The van der Waals surface area contributed by atoms with Crippen LogP contribution in [0.5, 0.6) is 0 Å². The quantitative estimate of drug-likeness (QED) is 0.482. The molecule has 0 aliphatic heterocycles. The number of nitrogens with zero attached hydrogens (tertiary/aromatic N) is 1. The van der Waals surface area contributed by atoms with Crippen LogP contribution in [-0.2, 0) is 0 Å². The number of carbonyl (C=O) groups is 1. The summed E-state index contributed by atoms with van der Waals surface area (Å²) in [5, 5.41) is 19.7. The molecular formula is C13H9FLiNO5. The fourth-order valence-corrected chi connectivity index (χ4v) is 1.71. The Morgan fingerprint density at radius 2 is 1.76 bits per heavy atom. The van der Waals surface area contributed by atoms with Crippen molar-refractivity contribution in [1.29, 1.82) is 0 Å². The van der Waals surface area contributed by atoms with E-state index in [1.54, 1.807) is 6.07 Å². The zero-order valence-electron chi connectivity index (χ0n) is 11.0. The number of nitro groups is 1. The number of hydrogen-bond donors (Lipinski definition) is 1. The minimum atomic E-state index is -1.38. The summed E-state index contributed by atoms with van der Waals surface area (Å²) in [6.07, 6.45) is 0. The summed E-state index contributed by atoms with van der Waals surface area (Å²) in [5.74, 6) is -1.85. The molecule has 2 aromatic rings. The van der Waals surface area contributed by atoms with Gasteiger partial charge < -0.3 is 10.6 Å². The average Bonchev–Trinajstić information content (AvgIpc) is 2.37. The minimum Gasteiger partial charge on any atom is -0.870 e. The van der Waals surface area contributed by atoms with Gasteiger partial charge in [-0.1, -0.05) is 18.2 Å². The van der Waals surface area contributed by atoms with Gasteiger partial charge in [0.2, 0.25) is 0 Å². The normalized spacial score (nSPS) is 9.19. The van der Waals surface area contributed by atoms with E-state index in [0.717, 1.165) is 12.1 Å². The number of halogens is 1. The monoisotopic (exact) mass is 285 g/mol. The molecule has 0 spiro atoms. The molecule has 2 aromatic carbocycles. The van der Waals surface area contributed by atoms with E-state index in [1.807, 2.05) is 0 Å². The van der Waals surface area contributed by atoms with Crippen LogP contribution in [-0.4, -0.2) is 21.5 Å². The number of benzene rings is 2. The first-order chi connectivity index (χ1) is 8.99. The SMILES string of the molecule is O=C(O)c1ccc(-c2cccc(F)c2)cc1[N+](=O)[O-].[Li+].[OH-]. The average molecular weight is 285 g/mol. The van der Waals surface area contributed by atoms with Crippen LogP contribution in [0.4, 0.5) is 10.1 Å². The number of carboxylic acid groups (broad SMARTS) is 1. The first-order valence-electron chi connectivity index (χ1n) is 5.26. The van der Waals surface area contributed by atoms with Crippen LogP contribution in [0.3, 0.4) is 0 Å². The Labute approximate surface area is 130 Å². The molecule has 0 amide bonds. The van der Waals surface area contributed by atoms with Gasteiger partial charge in [0.25, 0.3) is 5.69 Å². The van der Waals surface area contributed by atoms with Gasteiger partial charge in [0.1, 0.15) is 11.4 Å². The molecule has 0 unspecified atom stereocenters. The summed E-state index contributed by atoms with van der Waals surface area (Å²) in [5.41, 5.74) is -0.0874. The fourth-order valence-electron chi connectivity index (χ4n) is 1.71. The number of hydrogen-bond acceptors (Lipinski definition) is 4. The third-order valence-corrected chi connectivity index (χ3v) is 2.58. The molecule has 0 saturated carbocycles. The smallest absolute Gasteiger partial charge is 0.870 e. The molecule has 2 N–H and O–H groups in total. The minimum absolute atomic E-state index is 0. The summed E-state index contributed by atoms with van der Waals surface area (Å²) in [7, 11) is 0. The van der Waals surface area contributed by atoms with E-state index >= 15 is 0 Å². The van der Waals surface area contributed by atoms with Crippen molar-refractivity contribution in [3.8, 4) is 11.1 Å². The van der Waals surface area contributed by atoms with E-state index in [1.165, 1.54) is 24.3 Å². The summed E-state index contributed by atoms with van der Waals surface area (Å²) in [4.78, 5) is 20.9. The van der Waals surface area contributed by atoms with Gasteiger partial charge >= 0.3 is 24.8 Å². The van der Waals surface area contributed by atoms with Crippen molar-refractivity contribution in [2.75, 3.05) is 0 Å². The molecule has 0 aromatic heterocycles. The zero-order chi connectivity index (χ0) is 14.0. The van der Waals surface area contributed by atoms with Gasteiger partial charge in [0, 0.05) is 6.07 Å². The fraction of sp³-hybridized carbons (Fsp3) is 0. The second-order valence-corrected chi connectivity index (χ2v) is 3.80. The van der Waals surface area contributed by atoms with Crippen LogP contribution in [0, 0.1) is 15.9 Å². The molecule has 0 fully saturated rings. The predicted octanol–water partition coefficient (Wildman–Crippen LogP) is -0.0737. The number of rotatable bonds is 3. The van der Waals surface area contributed by atoms with Crippen LogP contribution in [0.2, 0.25) is 0 Å². The van der Waals surface area contributed by atoms with E-state index in [-0.39, 0.29) is 24.3 Å².